The van der Waals surface area contributed by atoms with Crippen molar-refractivity contribution < 1.29 is 0 Å². The van der Waals surface area contributed by atoms with E-state index in [1.807, 2.05) is 11.3 Å². The molecule has 2 atom stereocenters. The van der Waals surface area contributed by atoms with Gasteiger partial charge >= 0.3 is 0 Å². The summed E-state index contributed by atoms with van der Waals surface area (Å²) in [6, 6.07) is 57.4. The van der Waals surface area contributed by atoms with Crippen LogP contribution in [0.2, 0.25) is 0 Å². The number of benzene rings is 7. The lowest BCUT2D eigenvalue weighted by Crippen LogP contribution is -2.46. The maximum atomic E-state index is 5.38. The highest BCUT2D eigenvalue weighted by Crippen LogP contribution is 2.52. The normalized spacial score (nSPS) is 17.6. The molecule has 0 bridgehead atoms. The van der Waals surface area contributed by atoms with Crippen LogP contribution in [0.3, 0.4) is 0 Å². The summed E-state index contributed by atoms with van der Waals surface area (Å²) in [4.78, 5) is 5.38. The fourth-order valence-corrected chi connectivity index (χ4v) is 10.1. The highest BCUT2D eigenvalue weighted by Gasteiger charge is 2.37. The second-order valence-electron chi connectivity index (χ2n) is 14.8. The van der Waals surface area contributed by atoms with Crippen molar-refractivity contribution in [2.75, 3.05) is 0 Å². The van der Waals surface area contributed by atoms with Gasteiger partial charge in [0.15, 0.2) is 6.29 Å². The van der Waals surface area contributed by atoms with Gasteiger partial charge in [0.25, 0.3) is 0 Å². The standard InChI is InChI=1S/C48H36N4S/c1-48(2)39-26-31(32-20-13-21-36-35-19-10-12-23-43(35)53-44(32)36)24-25-33(39)37-28-42-38(27-40(37)48)34-18-9-11-22-41(34)52(42)47-50-45(29-14-5-3-6-15-29)49-46(51-47)30-16-7-4-8-17-30/h3-28,45,47,50H,1-2H3,(H,49,51). The summed E-state index contributed by atoms with van der Waals surface area (Å²) in [5, 5.41) is 12.7. The number of aromatic nitrogens is 1. The van der Waals surface area contributed by atoms with Gasteiger partial charge in [-0.2, -0.15) is 0 Å². The summed E-state index contributed by atoms with van der Waals surface area (Å²) in [6.07, 6.45) is -0.460. The van der Waals surface area contributed by atoms with Gasteiger partial charge in [0.2, 0.25) is 0 Å². The Bertz CT molecular complexity index is 2930. The summed E-state index contributed by atoms with van der Waals surface area (Å²) in [6.45, 7) is 4.78. The molecule has 1 aliphatic carbocycles. The highest BCUT2D eigenvalue weighted by molar-refractivity contribution is 7.26. The van der Waals surface area contributed by atoms with Crippen molar-refractivity contribution in [2.24, 2.45) is 4.99 Å². The van der Waals surface area contributed by atoms with E-state index in [9.17, 15) is 0 Å². The van der Waals surface area contributed by atoms with E-state index in [0.29, 0.717) is 0 Å². The molecule has 9 aromatic rings. The maximum absolute atomic E-state index is 5.38. The minimum atomic E-state index is -0.338. The molecule has 0 spiro atoms. The van der Waals surface area contributed by atoms with E-state index in [2.05, 4.69) is 187 Å². The molecule has 53 heavy (non-hydrogen) atoms. The molecule has 5 heteroatoms. The SMILES string of the molecule is CC1(C)c2cc(-c3cccc4c3sc3ccccc34)ccc2-c2cc3c(cc21)c1ccccc1n3C1N=C(c2ccccc2)NC(c2ccccc2)N1. The van der Waals surface area contributed by atoms with Crippen molar-refractivity contribution in [3.63, 3.8) is 0 Å². The Balaban J connectivity index is 1.09. The molecule has 4 nitrogen and oxygen atoms in total. The number of para-hydroxylation sites is 1. The first-order valence-corrected chi connectivity index (χ1v) is 19.2. The molecule has 3 heterocycles. The lowest BCUT2D eigenvalue weighted by molar-refractivity contribution is 0.341. The van der Waals surface area contributed by atoms with Crippen LogP contribution < -0.4 is 10.6 Å². The van der Waals surface area contributed by atoms with E-state index in [1.165, 1.54) is 80.9 Å². The van der Waals surface area contributed by atoms with Crippen molar-refractivity contribution in [3.05, 3.63) is 180 Å². The third-order valence-electron chi connectivity index (χ3n) is 11.5. The molecule has 0 amide bonds. The van der Waals surface area contributed by atoms with E-state index >= 15 is 0 Å². The third-order valence-corrected chi connectivity index (χ3v) is 12.7. The topological polar surface area (TPSA) is 41.4 Å². The van der Waals surface area contributed by atoms with Gasteiger partial charge in [-0.3, -0.25) is 5.32 Å². The second kappa shape index (κ2) is 11.5. The zero-order chi connectivity index (χ0) is 35.3. The minimum Gasteiger partial charge on any atom is -0.350 e. The number of amidine groups is 1. The molecule has 0 saturated heterocycles. The van der Waals surface area contributed by atoms with Crippen LogP contribution >= 0.6 is 11.3 Å². The molecule has 7 aromatic carbocycles. The first-order valence-electron chi connectivity index (χ1n) is 18.4. The van der Waals surface area contributed by atoms with Crippen LogP contribution in [0.25, 0.3) is 64.2 Å². The fraction of sp³-hybridized carbons (Fsp3) is 0.104. The molecule has 2 unspecified atom stereocenters. The quantitative estimate of drug-likeness (QED) is 0.192. The molecule has 0 fully saturated rings. The smallest absolute Gasteiger partial charge is 0.184 e. The Labute approximate surface area is 312 Å². The van der Waals surface area contributed by atoms with Gasteiger partial charge in [0.1, 0.15) is 12.0 Å². The summed E-state index contributed by atoms with van der Waals surface area (Å²) < 4.78 is 5.10. The summed E-state index contributed by atoms with van der Waals surface area (Å²) in [5.41, 5.74) is 12.3. The molecular formula is C48H36N4S. The van der Waals surface area contributed by atoms with Crippen molar-refractivity contribution in [3.8, 4) is 22.3 Å². The zero-order valence-electron chi connectivity index (χ0n) is 29.5. The van der Waals surface area contributed by atoms with Crippen LogP contribution in [0.5, 0.6) is 0 Å². The Morgan fingerprint density at radius 2 is 1.28 bits per heavy atom. The molecule has 11 rings (SSSR count). The molecule has 0 saturated carbocycles. The third kappa shape index (κ3) is 4.61. The van der Waals surface area contributed by atoms with Crippen LogP contribution in [0.15, 0.2) is 163 Å². The molecular weight excluding hydrogens is 665 g/mol. The number of nitrogens with zero attached hydrogens (tertiary/aromatic N) is 2. The molecule has 2 aliphatic rings. The van der Waals surface area contributed by atoms with Gasteiger partial charge in [-0.15, -0.1) is 11.3 Å². The fourth-order valence-electron chi connectivity index (χ4n) is 8.87. The first-order chi connectivity index (χ1) is 26.0. The number of nitrogens with one attached hydrogen (secondary N) is 2. The van der Waals surface area contributed by atoms with Gasteiger partial charge in [0.05, 0.1) is 11.0 Å². The minimum absolute atomic E-state index is 0.122. The number of hydrogen-bond donors (Lipinski definition) is 2. The van der Waals surface area contributed by atoms with Gasteiger partial charge in [-0.05, 0) is 69.3 Å². The van der Waals surface area contributed by atoms with E-state index in [4.69, 9.17) is 4.99 Å². The summed E-state index contributed by atoms with van der Waals surface area (Å²) in [5.74, 6) is 0.878. The van der Waals surface area contributed by atoms with Crippen LogP contribution in [-0.4, -0.2) is 10.4 Å². The predicted octanol–water partition coefficient (Wildman–Crippen LogP) is 11.9. The van der Waals surface area contributed by atoms with Crippen LogP contribution in [0.1, 0.15) is 48.6 Å². The van der Waals surface area contributed by atoms with E-state index < -0.39 is 0 Å². The number of fused-ring (bicyclic) bond motifs is 9. The number of rotatable bonds is 4. The Hall–Kier alpha value is -6.01. The van der Waals surface area contributed by atoms with Crippen LogP contribution in [-0.2, 0) is 5.41 Å². The van der Waals surface area contributed by atoms with E-state index in [-0.39, 0.29) is 17.9 Å². The summed E-state index contributed by atoms with van der Waals surface area (Å²) >= 11 is 1.90. The molecule has 2 aromatic heterocycles. The monoisotopic (exact) mass is 700 g/mol. The highest BCUT2D eigenvalue weighted by atomic mass is 32.1. The average Bonchev–Trinajstić information content (AvgIpc) is 3.83. The van der Waals surface area contributed by atoms with Crippen molar-refractivity contribution in [2.45, 2.75) is 31.7 Å². The van der Waals surface area contributed by atoms with Gasteiger partial charge in [-0.1, -0.05) is 141 Å². The van der Waals surface area contributed by atoms with Crippen molar-refractivity contribution in [1.29, 1.82) is 0 Å². The molecule has 254 valence electrons. The Morgan fingerprint density at radius 3 is 2.13 bits per heavy atom. The molecule has 2 N–H and O–H groups in total. The largest absolute Gasteiger partial charge is 0.350 e. The lowest BCUT2D eigenvalue weighted by Gasteiger charge is -2.33. The predicted molar refractivity (Wildman–Crippen MR) is 223 cm³/mol. The maximum Gasteiger partial charge on any atom is 0.184 e. The number of aliphatic imine (C=N–C) groups is 1. The van der Waals surface area contributed by atoms with E-state index in [1.54, 1.807) is 0 Å². The molecule has 1 aliphatic heterocycles. The van der Waals surface area contributed by atoms with Gasteiger partial charge < -0.3 is 9.88 Å². The first kappa shape index (κ1) is 30.6. The average molecular weight is 701 g/mol. The Morgan fingerprint density at radius 1 is 0.566 bits per heavy atom. The Kier molecular flexibility index (Phi) is 6.64. The number of thiophene rings is 1. The van der Waals surface area contributed by atoms with E-state index in [0.717, 1.165) is 11.4 Å². The van der Waals surface area contributed by atoms with Crippen molar-refractivity contribution in [1.82, 2.24) is 15.2 Å². The molecule has 0 radical (unpaired) electrons. The van der Waals surface area contributed by atoms with Gasteiger partial charge in [-0.25, -0.2) is 4.99 Å². The van der Waals surface area contributed by atoms with Gasteiger partial charge in [0, 0.05) is 41.9 Å². The van der Waals surface area contributed by atoms with Crippen LogP contribution in [0, 0.1) is 0 Å². The zero-order valence-corrected chi connectivity index (χ0v) is 30.3. The van der Waals surface area contributed by atoms with Crippen LogP contribution in [0.4, 0.5) is 0 Å². The second-order valence-corrected chi connectivity index (χ2v) is 15.9. The van der Waals surface area contributed by atoms with Crippen molar-refractivity contribution >= 4 is 59.2 Å². The lowest BCUT2D eigenvalue weighted by atomic mass is 9.81. The number of hydrogen-bond acceptors (Lipinski definition) is 4. The summed E-state index contributed by atoms with van der Waals surface area (Å²) in [7, 11) is 0.